The highest BCUT2D eigenvalue weighted by atomic mass is 16.5. The van der Waals surface area contributed by atoms with Gasteiger partial charge in [0.25, 0.3) is 13.4 Å². The van der Waals surface area contributed by atoms with E-state index >= 15 is 0 Å². The summed E-state index contributed by atoms with van der Waals surface area (Å²) in [6.07, 6.45) is 0. The van der Waals surface area contributed by atoms with Crippen LogP contribution < -0.4 is 52.2 Å². The van der Waals surface area contributed by atoms with Crippen molar-refractivity contribution in [3.05, 3.63) is 301 Å². The van der Waals surface area contributed by atoms with E-state index in [-0.39, 0.29) is 59.4 Å². The molecule has 0 amide bonds. The maximum absolute atomic E-state index is 9.15. The number of para-hydroxylation sites is 4. The van der Waals surface area contributed by atoms with Gasteiger partial charge in [0.05, 0.1) is 23.6 Å². The molecule has 4 aliphatic heterocycles. The second-order valence-electron chi connectivity index (χ2n) is 29.3. The molecule has 14 aromatic rings. The van der Waals surface area contributed by atoms with Gasteiger partial charge in [-0.3, -0.25) is 0 Å². The van der Waals surface area contributed by atoms with E-state index in [0.29, 0.717) is 5.56 Å². The molecule has 0 radical (unpaired) electrons. The van der Waals surface area contributed by atoms with Crippen LogP contribution in [0.4, 0.5) is 51.2 Å². The van der Waals surface area contributed by atoms with E-state index in [2.05, 4.69) is 311 Å². The smallest absolute Gasteiger partial charge is 0.256 e. The fourth-order valence-electron chi connectivity index (χ4n) is 16.9. The lowest BCUT2D eigenvalue weighted by Crippen LogP contribution is -2.64. The van der Waals surface area contributed by atoms with Crippen LogP contribution in [0.3, 0.4) is 0 Å². The molecule has 0 N–H and O–H groups in total. The summed E-state index contributed by atoms with van der Waals surface area (Å²) < 4.78 is 54.6. The van der Waals surface area contributed by atoms with Gasteiger partial charge in [0, 0.05) is 73.4 Å². The predicted octanol–water partition coefficient (Wildman–Crippen LogP) is 19.5. The van der Waals surface area contributed by atoms with Gasteiger partial charge < -0.3 is 24.0 Å². The molecule has 0 saturated carbocycles. The second-order valence-corrected chi connectivity index (χ2v) is 29.3. The van der Waals surface area contributed by atoms with Crippen LogP contribution in [-0.2, 0) is 16.2 Å². The van der Waals surface area contributed by atoms with E-state index in [1.807, 2.05) is 12.1 Å². The van der Waals surface area contributed by atoms with Gasteiger partial charge in [0.15, 0.2) is 0 Å². The van der Waals surface area contributed by atoms with Crippen LogP contribution in [0.25, 0.3) is 60.9 Å². The molecule has 96 heavy (non-hydrogen) atoms. The lowest BCUT2D eigenvalue weighted by molar-refractivity contribution is 0.488. The Labute approximate surface area is 570 Å². The minimum absolute atomic E-state index is 0.102. The Morgan fingerprint density at radius 3 is 1.50 bits per heavy atom. The predicted molar refractivity (Wildman–Crippen MR) is 406 cm³/mol. The number of benzene rings is 13. The molecular weight excluding hydrogens is 1160 g/mol. The van der Waals surface area contributed by atoms with E-state index in [0.717, 1.165) is 107 Å². The highest BCUT2D eigenvalue weighted by Gasteiger charge is 2.49. The van der Waals surface area contributed by atoms with Crippen molar-refractivity contribution in [3.8, 4) is 50.6 Å². The van der Waals surface area contributed by atoms with Gasteiger partial charge in [-0.25, -0.2) is 0 Å². The molecule has 5 heterocycles. The fraction of sp³-hybridized carbons (Fsp3) is 0.124. The summed E-state index contributed by atoms with van der Waals surface area (Å²) in [7, 11) is 0. The molecule has 0 spiro atoms. The van der Waals surface area contributed by atoms with Crippen LogP contribution in [0, 0.1) is 0 Å². The van der Waals surface area contributed by atoms with Crippen LogP contribution in [0.5, 0.6) is 11.5 Å². The molecule has 13 aromatic carbocycles. The Morgan fingerprint density at radius 2 is 0.885 bits per heavy atom. The standard InChI is InChI=1S/C89H70B2N4O/c1-87(2,3)58-41-45-74-67(49-58)68-50-59(88(4,5)6)42-46-75(68)95(74)63-51-80-85-81(52-63)94(62-43-39-56(40-44-62)55-25-12-9-13-26-55)78-54-82-73(53-72(78)90(85)70-35-20-22-37-76(70)93(80)61-29-16-11-17-30-61)91-71-36-21-23-38-77(71)92(60-27-14-10-15-28-60)79-47-57(48-83(96-82)86(79)91)64-32-24-33-66-65-31-18-19-34-69(65)89(7,8)84(64)66/h9-54H,1-8H3/i9D,12D,13D,25D,26D. The zero-order valence-corrected chi connectivity index (χ0v) is 55.0. The van der Waals surface area contributed by atoms with Crippen molar-refractivity contribution in [2.45, 2.75) is 71.6 Å². The van der Waals surface area contributed by atoms with Crippen LogP contribution in [0.2, 0.25) is 0 Å². The SMILES string of the molecule is [2H]c1c([2H])c([2H])c(-c2ccc(N3c4cc5c(cc4B4c6ccccc6N(c6ccccc6)c6cc(-n7c8ccc(C(C)(C)C)cc8c8cc(C(C)(C)C)ccc87)cc3c64)B3c4ccccc4N(c4ccccc4)c4cc(-c6cccc7c6C(C)(C)c6ccccc6-7)cc(c43)O5)cc2)c([2H])c1[2H]. The van der Waals surface area contributed by atoms with Gasteiger partial charge >= 0.3 is 0 Å². The Bertz CT molecular complexity index is 5820. The van der Waals surface area contributed by atoms with Crippen LogP contribution in [0.1, 0.15) is 84.5 Å². The highest BCUT2D eigenvalue weighted by Crippen LogP contribution is 2.55. The van der Waals surface area contributed by atoms with Gasteiger partial charge in [0.2, 0.25) is 0 Å². The van der Waals surface area contributed by atoms with Gasteiger partial charge in [-0.15, -0.1) is 0 Å². The summed E-state index contributed by atoms with van der Waals surface area (Å²) >= 11 is 0. The zero-order chi connectivity index (χ0) is 69.0. The van der Waals surface area contributed by atoms with Gasteiger partial charge in [0.1, 0.15) is 11.5 Å². The summed E-state index contributed by atoms with van der Waals surface area (Å²) in [5.74, 6) is 1.55. The van der Waals surface area contributed by atoms with E-state index in [9.17, 15) is 0 Å². The summed E-state index contributed by atoms with van der Waals surface area (Å²) in [5, 5.41) is 2.38. The van der Waals surface area contributed by atoms with E-state index in [1.165, 1.54) is 60.6 Å². The van der Waals surface area contributed by atoms with Crippen LogP contribution in [0.15, 0.2) is 279 Å². The van der Waals surface area contributed by atoms with Crippen molar-refractivity contribution >= 4 is 119 Å². The van der Waals surface area contributed by atoms with E-state index in [1.54, 1.807) is 0 Å². The first-order valence-electron chi connectivity index (χ1n) is 36.1. The lowest BCUT2D eigenvalue weighted by atomic mass is 9.30. The number of anilines is 9. The lowest BCUT2D eigenvalue weighted by Gasteiger charge is -2.45. The minimum Gasteiger partial charge on any atom is -0.458 e. The summed E-state index contributed by atoms with van der Waals surface area (Å²) in [5.41, 5.74) is 29.1. The third-order valence-electron chi connectivity index (χ3n) is 21.3. The number of ether oxygens (including phenoxy) is 1. The molecule has 19 rings (SSSR count). The number of hydrogen-bond acceptors (Lipinski definition) is 4. The van der Waals surface area contributed by atoms with Crippen LogP contribution in [-0.4, -0.2) is 18.0 Å². The van der Waals surface area contributed by atoms with Crippen molar-refractivity contribution in [3.63, 3.8) is 0 Å². The van der Waals surface area contributed by atoms with Gasteiger partial charge in [-0.1, -0.05) is 231 Å². The maximum atomic E-state index is 9.15. The molecule has 0 bridgehead atoms. The molecule has 0 unspecified atom stereocenters. The monoisotopic (exact) mass is 1240 g/mol. The van der Waals surface area contributed by atoms with Gasteiger partial charge in [-0.05, 0) is 196 Å². The molecule has 0 saturated heterocycles. The third-order valence-corrected chi connectivity index (χ3v) is 21.3. The molecule has 0 fully saturated rings. The topological polar surface area (TPSA) is 23.9 Å². The Kier molecular flexibility index (Phi) is 11.0. The zero-order valence-electron chi connectivity index (χ0n) is 60.0. The number of hydrogen-bond donors (Lipinski definition) is 0. The second kappa shape index (κ2) is 20.5. The molecule has 1 aliphatic carbocycles. The molecule has 5 aliphatic rings. The van der Waals surface area contributed by atoms with Gasteiger partial charge in [-0.2, -0.15) is 0 Å². The minimum atomic E-state index is -0.424. The number of fused-ring (bicyclic) bond motifs is 14. The maximum Gasteiger partial charge on any atom is 0.256 e. The average Bonchev–Trinajstić information content (AvgIpc) is 1.05. The Balaban J connectivity index is 0.905. The first-order valence-corrected chi connectivity index (χ1v) is 33.6. The number of rotatable bonds is 6. The van der Waals surface area contributed by atoms with Crippen molar-refractivity contribution in [2.24, 2.45) is 0 Å². The quantitative estimate of drug-likeness (QED) is 0.155. The summed E-state index contributed by atoms with van der Waals surface area (Å²) in [6, 6.07) is 89.7. The Morgan fingerprint density at radius 1 is 0.365 bits per heavy atom. The highest BCUT2D eigenvalue weighted by molar-refractivity contribution is 7.02. The fourth-order valence-corrected chi connectivity index (χ4v) is 16.9. The molecular formula is C89H70B2N4O. The number of aromatic nitrogens is 1. The van der Waals surface area contributed by atoms with Crippen molar-refractivity contribution < 1.29 is 11.6 Å². The number of nitrogens with zero attached hydrogens (tertiary/aromatic N) is 4. The third kappa shape index (κ3) is 8.25. The van der Waals surface area contributed by atoms with Crippen molar-refractivity contribution in [1.29, 1.82) is 0 Å². The normalized spacial score (nSPS) is 15.0. The molecule has 1 aromatic heterocycles. The molecule has 7 heteroatoms. The molecule has 458 valence electrons. The average molecular weight is 1240 g/mol. The first kappa shape index (κ1) is 51.4. The van der Waals surface area contributed by atoms with Crippen LogP contribution >= 0.6 is 0 Å². The van der Waals surface area contributed by atoms with Crippen molar-refractivity contribution in [2.75, 3.05) is 14.7 Å². The molecule has 0 atom stereocenters. The van der Waals surface area contributed by atoms with E-state index in [4.69, 9.17) is 11.6 Å². The van der Waals surface area contributed by atoms with E-state index < -0.39 is 6.04 Å². The Hall–Kier alpha value is -11.0. The largest absolute Gasteiger partial charge is 0.458 e. The summed E-state index contributed by atoms with van der Waals surface area (Å²) in [6.45, 7) is 17.9. The molecule has 5 nitrogen and oxygen atoms in total. The first-order chi connectivity index (χ1) is 48.7. The summed E-state index contributed by atoms with van der Waals surface area (Å²) in [4.78, 5) is 7.31. The van der Waals surface area contributed by atoms with Crippen molar-refractivity contribution in [1.82, 2.24) is 4.57 Å².